The molecule has 102 valence electrons. The monoisotopic (exact) mass is 256 g/mol. The molecule has 0 bridgehead atoms. The number of amides is 2. The van der Waals surface area contributed by atoms with Gasteiger partial charge in [0.1, 0.15) is 0 Å². The van der Waals surface area contributed by atoms with Gasteiger partial charge in [0.05, 0.1) is 18.1 Å². The van der Waals surface area contributed by atoms with Crippen molar-refractivity contribution in [2.24, 2.45) is 5.92 Å². The summed E-state index contributed by atoms with van der Waals surface area (Å²) in [5, 5.41) is 18.8. The number of likely N-dealkylation sites (tertiary alicyclic amines) is 2. The topological polar surface area (TPSA) is 81.1 Å². The Balaban J connectivity index is 1.95. The summed E-state index contributed by atoms with van der Waals surface area (Å²) in [6.07, 6.45) is 1.94. The van der Waals surface area contributed by atoms with Gasteiger partial charge in [-0.15, -0.1) is 0 Å². The van der Waals surface area contributed by atoms with Crippen LogP contribution in [0, 0.1) is 5.92 Å². The lowest BCUT2D eigenvalue weighted by Crippen LogP contribution is -2.48. The van der Waals surface area contributed by atoms with E-state index in [-0.39, 0.29) is 12.6 Å². The van der Waals surface area contributed by atoms with Crippen molar-refractivity contribution in [1.29, 1.82) is 0 Å². The third-order valence-corrected chi connectivity index (χ3v) is 3.76. The number of carbonyl (C=O) groups excluding carboxylic acids is 1. The largest absolute Gasteiger partial charge is 0.481 e. The molecule has 0 aromatic heterocycles. The fourth-order valence-corrected chi connectivity index (χ4v) is 2.66. The van der Waals surface area contributed by atoms with Crippen molar-refractivity contribution in [3.8, 4) is 0 Å². The zero-order chi connectivity index (χ0) is 13.3. The van der Waals surface area contributed by atoms with Gasteiger partial charge in [-0.05, 0) is 26.2 Å². The van der Waals surface area contributed by atoms with Crippen LogP contribution in [-0.4, -0.2) is 63.8 Å². The second-order valence-electron chi connectivity index (χ2n) is 5.57. The standard InChI is InChI=1S/C12H20N2O4/c1-12(18)4-6-14(8-12)11(17)13-5-2-3-9(7-13)10(15)16/h9,18H,2-8H2,1H3,(H,15,16). The van der Waals surface area contributed by atoms with Gasteiger partial charge in [-0.25, -0.2) is 4.79 Å². The number of aliphatic hydroxyl groups is 1. The van der Waals surface area contributed by atoms with E-state index in [0.717, 1.165) is 6.42 Å². The third kappa shape index (κ3) is 2.75. The minimum absolute atomic E-state index is 0.140. The number of hydrogen-bond donors (Lipinski definition) is 2. The van der Waals surface area contributed by atoms with Gasteiger partial charge >= 0.3 is 12.0 Å². The molecule has 0 saturated carbocycles. The molecule has 2 aliphatic rings. The lowest BCUT2D eigenvalue weighted by atomic mass is 9.99. The fraction of sp³-hybridized carbons (Fsp3) is 0.833. The maximum atomic E-state index is 12.2. The number of carbonyl (C=O) groups is 2. The maximum Gasteiger partial charge on any atom is 0.320 e. The van der Waals surface area contributed by atoms with Crippen LogP contribution in [0.1, 0.15) is 26.2 Å². The summed E-state index contributed by atoms with van der Waals surface area (Å²) in [6, 6.07) is -0.140. The molecule has 0 aromatic carbocycles. The molecule has 0 radical (unpaired) electrons. The highest BCUT2D eigenvalue weighted by Gasteiger charge is 2.37. The SMILES string of the molecule is CC1(O)CCN(C(=O)N2CCCC(C(=O)O)C2)C1. The molecule has 2 fully saturated rings. The van der Waals surface area contributed by atoms with Crippen LogP contribution >= 0.6 is 0 Å². The zero-order valence-corrected chi connectivity index (χ0v) is 10.6. The molecule has 2 saturated heterocycles. The first kappa shape index (κ1) is 13.1. The van der Waals surface area contributed by atoms with Gasteiger partial charge < -0.3 is 20.0 Å². The molecule has 2 N–H and O–H groups in total. The minimum atomic E-state index is -0.832. The van der Waals surface area contributed by atoms with Gasteiger partial charge in [-0.1, -0.05) is 0 Å². The Morgan fingerprint density at radius 3 is 2.56 bits per heavy atom. The van der Waals surface area contributed by atoms with Crippen molar-refractivity contribution in [2.45, 2.75) is 31.8 Å². The number of carboxylic acids is 1. The molecule has 0 aliphatic carbocycles. The average Bonchev–Trinajstić information content (AvgIpc) is 2.69. The first-order valence-electron chi connectivity index (χ1n) is 6.38. The van der Waals surface area contributed by atoms with Gasteiger partial charge in [0.25, 0.3) is 0 Å². The Bertz CT molecular complexity index is 356. The van der Waals surface area contributed by atoms with E-state index in [0.29, 0.717) is 32.5 Å². The molecule has 0 aromatic rings. The molecule has 6 nitrogen and oxygen atoms in total. The summed E-state index contributed by atoms with van der Waals surface area (Å²) in [5.74, 6) is -1.29. The number of piperidine rings is 1. The predicted molar refractivity (Wildman–Crippen MR) is 64.1 cm³/mol. The lowest BCUT2D eigenvalue weighted by molar-refractivity contribution is -0.143. The van der Waals surface area contributed by atoms with Crippen molar-refractivity contribution >= 4 is 12.0 Å². The quantitative estimate of drug-likeness (QED) is 0.709. The molecule has 2 unspecified atom stereocenters. The van der Waals surface area contributed by atoms with Crippen molar-refractivity contribution in [3.63, 3.8) is 0 Å². The van der Waals surface area contributed by atoms with Gasteiger partial charge in [-0.3, -0.25) is 4.79 Å². The molecule has 0 spiro atoms. The zero-order valence-electron chi connectivity index (χ0n) is 10.6. The molecular formula is C12H20N2O4. The number of rotatable bonds is 1. The first-order chi connectivity index (χ1) is 8.39. The summed E-state index contributed by atoms with van der Waals surface area (Å²) in [7, 11) is 0. The van der Waals surface area contributed by atoms with Crippen molar-refractivity contribution < 1.29 is 19.8 Å². The van der Waals surface area contributed by atoms with Crippen LogP contribution in [0.25, 0.3) is 0 Å². The van der Waals surface area contributed by atoms with E-state index in [9.17, 15) is 14.7 Å². The number of hydrogen-bond acceptors (Lipinski definition) is 3. The Morgan fingerprint density at radius 2 is 2.00 bits per heavy atom. The van der Waals surface area contributed by atoms with Gasteiger partial charge in [0, 0.05) is 19.6 Å². The molecule has 2 rings (SSSR count). The first-order valence-corrected chi connectivity index (χ1v) is 6.38. The van der Waals surface area contributed by atoms with E-state index < -0.39 is 17.5 Å². The van der Waals surface area contributed by atoms with E-state index >= 15 is 0 Å². The molecule has 2 aliphatic heterocycles. The fourth-order valence-electron chi connectivity index (χ4n) is 2.66. The Labute approximate surface area is 106 Å². The number of nitrogens with zero attached hydrogens (tertiary/aromatic N) is 2. The normalized spacial score (nSPS) is 32.7. The summed E-state index contributed by atoms with van der Waals surface area (Å²) in [4.78, 5) is 26.4. The van der Waals surface area contributed by atoms with E-state index in [1.54, 1.807) is 16.7 Å². The highest BCUT2D eigenvalue weighted by Crippen LogP contribution is 2.24. The average molecular weight is 256 g/mol. The van der Waals surface area contributed by atoms with E-state index in [2.05, 4.69) is 0 Å². The van der Waals surface area contributed by atoms with E-state index in [1.165, 1.54) is 0 Å². The Morgan fingerprint density at radius 1 is 1.28 bits per heavy atom. The number of aliphatic carboxylic acids is 1. The van der Waals surface area contributed by atoms with E-state index in [1.807, 2.05) is 0 Å². The smallest absolute Gasteiger partial charge is 0.320 e. The molecular weight excluding hydrogens is 236 g/mol. The number of β-amino-alcohol motifs (C(OH)–C–C–N with tert-alkyl or cyclic N) is 1. The van der Waals surface area contributed by atoms with Gasteiger partial charge in [-0.2, -0.15) is 0 Å². The Hall–Kier alpha value is -1.30. The van der Waals surface area contributed by atoms with Crippen LogP contribution in [0.4, 0.5) is 4.79 Å². The van der Waals surface area contributed by atoms with Crippen LogP contribution in [0.3, 0.4) is 0 Å². The van der Waals surface area contributed by atoms with E-state index in [4.69, 9.17) is 5.11 Å². The summed E-state index contributed by atoms with van der Waals surface area (Å²) in [6.45, 7) is 3.49. The highest BCUT2D eigenvalue weighted by molar-refractivity contribution is 5.77. The lowest BCUT2D eigenvalue weighted by Gasteiger charge is -2.34. The number of urea groups is 1. The van der Waals surface area contributed by atoms with Crippen molar-refractivity contribution in [2.75, 3.05) is 26.2 Å². The molecule has 2 amide bonds. The summed E-state index contributed by atoms with van der Waals surface area (Å²) in [5.41, 5.74) is -0.808. The van der Waals surface area contributed by atoms with Crippen molar-refractivity contribution in [3.05, 3.63) is 0 Å². The summed E-state index contributed by atoms with van der Waals surface area (Å²) < 4.78 is 0. The molecule has 2 heterocycles. The van der Waals surface area contributed by atoms with Crippen LogP contribution in [0.15, 0.2) is 0 Å². The summed E-state index contributed by atoms with van der Waals surface area (Å²) >= 11 is 0. The molecule has 18 heavy (non-hydrogen) atoms. The number of carboxylic acid groups (broad SMARTS) is 1. The second kappa shape index (κ2) is 4.76. The van der Waals surface area contributed by atoms with Crippen molar-refractivity contribution in [1.82, 2.24) is 9.80 Å². The second-order valence-corrected chi connectivity index (χ2v) is 5.57. The van der Waals surface area contributed by atoms with Gasteiger partial charge in [0.15, 0.2) is 0 Å². The van der Waals surface area contributed by atoms with Crippen LogP contribution in [0.2, 0.25) is 0 Å². The highest BCUT2D eigenvalue weighted by atomic mass is 16.4. The Kier molecular flexibility index (Phi) is 3.47. The third-order valence-electron chi connectivity index (χ3n) is 3.76. The van der Waals surface area contributed by atoms with Crippen LogP contribution in [-0.2, 0) is 4.79 Å². The predicted octanol–water partition coefficient (Wildman–Crippen LogP) is 0.360. The van der Waals surface area contributed by atoms with Gasteiger partial charge in [0.2, 0.25) is 0 Å². The van der Waals surface area contributed by atoms with Crippen LogP contribution in [0.5, 0.6) is 0 Å². The minimum Gasteiger partial charge on any atom is -0.481 e. The molecule has 2 atom stereocenters. The molecule has 6 heteroatoms. The van der Waals surface area contributed by atoms with Crippen LogP contribution < -0.4 is 0 Å². The maximum absolute atomic E-state index is 12.2.